The largest absolute Gasteiger partial charge is 0.345 e. The average molecular weight is 438 g/mol. The summed E-state index contributed by atoms with van der Waals surface area (Å²) in [6, 6.07) is 13.8. The lowest BCUT2D eigenvalue weighted by Gasteiger charge is -2.56. The van der Waals surface area contributed by atoms with Crippen LogP contribution in [0.15, 0.2) is 30.3 Å². The van der Waals surface area contributed by atoms with Gasteiger partial charge >= 0.3 is 0 Å². The lowest BCUT2D eigenvalue weighted by atomic mass is 9.48. The van der Waals surface area contributed by atoms with Gasteiger partial charge in [0.15, 0.2) is 0 Å². The summed E-state index contributed by atoms with van der Waals surface area (Å²) in [5.74, 6) is 1.99. The molecule has 1 aromatic carbocycles. The highest BCUT2D eigenvalue weighted by molar-refractivity contribution is 5.47. The van der Waals surface area contributed by atoms with Crippen molar-refractivity contribution in [2.24, 2.45) is 34.3 Å². The number of piperidine rings is 1. The van der Waals surface area contributed by atoms with Gasteiger partial charge in [0, 0.05) is 25.6 Å². The zero-order chi connectivity index (χ0) is 23.6. The van der Waals surface area contributed by atoms with Crippen LogP contribution in [0.25, 0.3) is 0 Å². The van der Waals surface area contributed by atoms with E-state index in [4.69, 9.17) is 5.73 Å². The van der Waals surface area contributed by atoms with Crippen molar-refractivity contribution in [1.82, 2.24) is 4.90 Å². The average Bonchev–Trinajstić information content (AvgIpc) is 2.73. The monoisotopic (exact) mass is 437 g/mol. The standard InChI is InChI=1S/C20H27N.C8H16N2O/c1-15-11-20(17-7-5-4-6-8-17)13-16(18(15)9-10-21)12-19(2,3)14-20;1-8(2)5-10(6-11)4-3-7(8)9/h4-8,15-16,18H,9,11-14H2,1-3H3;6-7H,3-5,9H2,1-2H3. The van der Waals surface area contributed by atoms with E-state index in [0.717, 1.165) is 38.3 Å². The van der Waals surface area contributed by atoms with Gasteiger partial charge in [-0.25, -0.2) is 0 Å². The lowest BCUT2D eigenvalue weighted by molar-refractivity contribution is -0.121. The second-order valence-electron chi connectivity index (χ2n) is 12.3. The lowest BCUT2D eigenvalue weighted by Crippen LogP contribution is -2.51. The molecule has 5 atom stereocenters. The molecule has 3 fully saturated rings. The molecule has 176 valence electrons. The number of hydrogen-bond donors (Lipinski definition) is 1. The van der Waals surface area contributed by atoms with Crippen LogP contribution in [-0.4, -0.2) is 30.4 Å². The summed E-state index contributed by atoms with van der Waals surface area (Å²) in [5, 5.41) is 9.19. The molecular formula is C28H43N3O. The van der Waals surface area contributed by atoms with Crippen LogP contribution in [0.1, 0.15) is 78.7 Å². The Kier molecular flexibility index (Phi) is 7.40. The third-order valence-electron chi connectivity index (χ3n) is 8.54. The van der Waals surface area contributed by atoms with Crippen molar-refractivity contribution in [3.05, 3.63) is 35.9 Å². The first-order valence-electron chi connectivity index (χ1n) is 12.4. The zero-order valence-electron chi connectivity index (χ0n) is 20.8. The molecule has 4 rings (SSSR count). The number of carbonyl (C=O) groups excluding carboxylic acids is 1. The molecular weight excluding hydrogens is 394 g/mol. The summed E-state index contributed by atoms with van der Waals surface area (Å²) in [6.07, 6.45) is 7.70. The molecule has 0 spiro atoms. The fourth-order valence-corrected chi connectivity index (χ4v) is 7.14. The van der Waals surface area contributed by atoms with Gasteiger partial charge in [-0.15, -0.1) is 0 Å². The third kappa shape index (κ3) is 5.37. The van der Waals surface area contributed by atoms with Gasteiger partial charge in [-0.05, 0) is 71.7 Å². The van der Waals surface area contributed by atoms with Gasteiger partial charge < -0.3 is 10.6 Å². The summed E-state index contributed by atoms with van der Waals surface area (Å²) < 4.78 is 0. The molecule has 4 heteroatoms. The van der Waals surface area contributed by atoms with E-state index in [1.54, 1.807) is 4.90 Å². The Bertz CT molecular complexity index is 808. The van der Waals surface area contributed by atoms with Gasteiger partial charge in [0.05, 0.1) is 6.07 Å². The molecule has 1 aliphatic heterocycles. The maximum atomic E-state index is 10.4. The van der Waals surface area contributed by atoms with Crippen LogP contribution in [0, 0.1) is 39.9 Å². The molecule has 1 heterocycles. The highest BCUT2D eigenvalue weighted by Crippen LogP contribution is 2.60. The fourth-order valence-electron chi connectivity index (χ4n) is 7.14. The SMILES string of the molecule is CC1(C)CN(C=O)CCC1N.CC1CC2(c3ccccc3)CC(CC(C)(C)C2)C1CC#N. The Morgan fingerprint density at radius 1 is 1.16 bits per heavy atom. The minimum absolute atomic E-state index is 0.0825. The van der Waals surface area contributed by atoms with E-state index in [1.807, 2.05) is 0 Å². The Balaban J connectivity index is 0.000000222. The topological polar surface area (TPSA) is 70.1 Å². The van der Waals surface area contributed by atoms with Crippen molar-refractivity contribution in [3.63, 3.8) is 0 Å². The first-order valence-corrected chi connectivity index (χ1v) is 12.4. The summed E-state index contributed by atoms with van der Waals surface area (Å²) in [7, 11) is 0. The zero-order valence-corrected chi connectivity index (χ0v) is 20.8. The van der Waals surface area contributed by atoms with Crippen LogP contribution in [0.5, 0.6) is 0 Å². The van der Waals surface area contributed by atoms with Crippen LogP contribution in [0.4, 0.5) is 0 Å². The van der Waals surface area contributed by atoms with Crippen LogP contribution in [0.3, 0.4) is 0 Å². The van der Waals surface area contributed by atoms with Crippen LogP contribution in [0.2, 0.25) is 0 Å². The summed E-state index contributed by atoms with van der Waals surface area (Å²) >= 11 is 0. The molecule has 0 aromatic heterocycles. The summed E-state index contributed by atoms with van der Waals surface area (Å²) in [6.45, 7) is 13.0. The predicted octanol–water partition coefficient (Wildman–Crippen LogP) is 5.52. The number of amides is 1. The molecule has 2 aliphatic carbocycles. The number of nitriles is 1. The molecule has 5 unspecified atom stereocenters. The second-order valence-corrected chi connectivity index (χ2v) is 12.3. The second kappa shape index (κ2) is 9.56. The molecule has 3 aliphatic rings. The van der Waals surface area contributed by atoms with Crippen molar-refractivity contribution in [1.29, 1.82) is 5.26 Å². The van der Waals surface area contributed by atoms with Crippen molar-refractivity contribution in [2.75, 3.05) is 13.1 Å². The van der Waals surface area contributed by atoms with Gasteiger partial charge in [0.1, 0.15) is 0 Å². The highest BCUT2D eigenvalue weighted by atomic mass is 16.1. The van der Waals surface area contributed by atoms with Crippen molar-refractivity contribution in [2.45, 2.75) is 84.6 Å². The molecule has 0 radical (unpaired) electrons. The Morgan fingerprint density at radius 2 is 1.84 bits per heavy atom. The number of hydrogen-bond acceptors (Lipinski definition) is 3. The smallest absolute Gasteiger partial charge is 0.209 e. The maximum Gasteiger partial charge on any atom is 0.209 e. The van der Waals surface area contributed by atoms with E-state index in [-0.39, 0.29) is 11.5 Å². The van der Waals surface area contributed by atoms with E-state index >= 15 is 0 Å². The van der Waals surface area contributed by atoms with Crippen molar-refractivity contribution >= 4 is 6.41 Å². The molecule has 2 bridgehead atoms. The summed E-state index contributed by atoms with van der Waals surface area (Å²) in [4.78, 5) is 12.2. The normalized spacial score (nSPS) is 35.1. The van der Waals surface area contributed by atoms with E-state index in [9.17, 15) is 10.1 Å². The number of fused-ring (bicyclic) bond motifs is 2. The van der Waals surface area contributed by atoms with Gasteiger partial charge in [-0.2, -0.15) is 5.26 Å². The number of likely N-dealkylation sites (tertiary alicyclic amines) is 1. The van der Waals surface area contributed by atoms with Crippen LogP contribution >= 0.6 is 0 Å². The van der Waals surface area contributed by atoms with Gasteiger partial charge in [-0.3, -0.25) is 4.79 Å². The molecule has 1 aromatic rings. The quantitative estimate of drug-likeness (QED) is 0.633. The fraction of sp³-hybridized carbons (Fsp3) is 0.714. The minimum Gasteiger partial charge on any atom is -0.345 e. The molecule has 2 N–H and O–H groups in total. The number of benzene rings is 1. The third-order valence-corrected chi connectivity index (χ3v) is 8.54. The first kappa shape index (κ1) is 24.8. The Labute approximate surface area is 195 Å². The molecule has 2 saturated carbocycles. The minimum atomic E-state index is 0.0825. The van der Waals surface area contributed by atoms with E-state index < -0.39 is 0 Å². The van der Waals surface area contributed by atoms with Crippen molar-refractivity contribution < 1.29 is 4.79 Å². The summed E-state index contributed by atoms with van der Waals surface area (Å²) in [5.41, 5.74) is 8.24. The van der Waals surface area contributed by atoms with E-state index in [0.29, 0.717) is 22.7 Å². The van der Waals surface area contributed by atoms with Crippen LogP contribution in [-0.2, 0) is 10.2 Å². The van der Waals surface area contributed by atoms with Gasteiger partial charge in [0.2, 0.25) is 6.41 Å². The predicted molar refractivity (Wildman–Crippen MR) is 131 cm³/mol. The Hall–Kier alpha value is -1.86. The number of rotatable bonds is 3. The molecule has 32 heavy (non-hydrogen) atoms. The molecule has 1 saturated heterocycles. The maximum absolute atomic E-state index is 10.4. The Morgan fingerprint density at radius 3 is 2.44 bits per heavy atom. The van der Waals surface area contributed by atoms with Gasteiger partial charge in [-0.1, -0.05) is 65.0 Å². The molecule has 1 amide bonds. The van der Waals surface area contributed by atoms with Crippen molar-refractivity contribution in [3.8, 4) is 6.07 Å². The van der Waals surface area contributed by atoms with Gasteiger partial charge in [0.25, 0.3) is 0 Å². The van der Waals surface area contributed by atoms with Crippen LogP contribution < -0.4 is 5.73 Å². The first-order chi connectivity index (χ1) is 15.0. The molecule has 4 nitrogen and oxygen atoms in total. The number of nitrogens with zero attached hydrogens (tertiary/aromatic N) is 2. The number of carbonyl (C=O) groups is 1. The number of nitrogens with two attached hydrogens (primary N) is 1. The van der Waals surface area contributed by atoms with E-state index in [2.05, 4.69) is 71.0 Å². The highest BCUT2D eigenvalue weighted by Gasteiger charge is 2.52. The van der Waals surface area contributed by atoms with E-state index in [1.165, 1.54) is 31.2 Å².